The number of aliphatic hydroxyl groups is 2. The smallest absolute Gasteiger partial charge is 0.227 e. The van der Waals surface area contributed by atoms with Gasteiger partial charge in [-0.05, 0) is 56.6 Å². The van der Waals surface area contributed by atoms with Crippen molar-refractivity contribution >= 4 is 17.9 Å². The monoisotopic (exact) mass is 390 g/mol. The van der Waals surface area contributed by atoms with Crippen molar-refractivity contribution in [1.82, 2.24) is 0 Å². The SMILES string of the molecule is C[C@H]1C[C@@H]2[C@@H]3CCC4=CC(=O)C=C[C@]4(C)[C@]3(F)[C@@H](O)C[C@]2(C)[C@]1(O)C(=O)C=O. The molecule has 0 heterocycles. The minimum atomic E-state index is -2.01. The molecule has 0 aromatic carbocycles. The normalized spacial score (nSPS) is 52.4. The first-order valence-electron chi connectivity index (χ1n) is 10.00. The molecule has 0 bridgehead atoms. The first-order valence-corrected chi connectivity index (χ1v) is 10.00. The number of halogens is 1. The van der Waals surface area contributed by atoms with Gasteiger partial charge in [0.15, 0.2) is 17.7 Å². The summed E-state index contributed by atoms with van der Waals surface area (Å²) in [6.07, 6.45) is 4.37. The molecule has 0 amide bonds. The van der Waals surface area contributed by atoms with Crippen LogP contribution in [0.25, 0.3) is 0 Å². The number of ketones is 2. The van der Waals surface area contributed by atoms with E-state index in [0.717, 1.165) is 0 Å². The third-order valence-electron chi connectivity index (χ3n) is 8.71. The molecule has 4 aliphatic carbocycles. The van der Waals surface area contributed by atoms with Gasteiger partial charge in [0.1, 0.15) is 5.60 Å². The number of carbonyl (C=O) groups is 3. The van der Waals surface area contributed by atoms with Gasteiger partial charge in [0.2, 0.25) is 5.78 Å². The average Bonchev–Trinajstić information content (AvgIpc) is 2.84. The fourth-order valence-electron chi connectivity index (χ4n) is 7.16. The summed E-state index contributed by atoms with van der Waals surface area (Å²) < 4.78 is 16.8. The third-order valence-corrected chi connectivity index (χ3v) is 8.71. The lowest BCUT2D eigenvalue weighted by atomic mass is 9.44. The molecule has 0 spiro atoms. The van der Waals surface area contributed by atoms with E-state index in [1.807, 2.05) is 0 Å². The molecule has 8 atom stereocenters. The van der Waals surface area contributed by atoms with Crippen molar-refractivity contribution in [3.8, 4) is 0 Å². The molecule has 4 aliphatic rings. The van der Waals surface area contributed by atoms with Crippen molar-refractivity contribution < 1.29 is 29.0 Å². The van der Waals surface area contributed by atoms with E-state index in [1.54, 1.807) is 26.8 Å². The molecule has 3 saturated carbocycles. The van der Waals surface area contributed by atoms with Crippen molar-refractivity contribution in [1.29, 1.82) is 0 Å². The second kappa shape index (κ2) is 5.70. The first kappa shape index (κ1) is 19.6. The van der Waals surface area contributed by atoms with Gasteiger partial charge in [-0.1, -0.05) is 25.5 Å². The van der Waals surface area contributed by atoms with Gasteiger partial charge in [-0.2, -0.15) is 0 Å². The van der Waals surface area contributed by atoms with E-state index < -0.39 is 45.8 Å². The van der Waals surface area contributed by atoms with Crippen LogP contribution in [0.5, 0.6) is 0 Å². The molecular weight excluding hydrogens is 363 g/mol. The number of alkyl halides is 1. The van der Waals surface area contributed by atoms with Crippen molar-refractivity contribution in [3.63, 3.8) is 0 Å². The number of fused-ring (bicyclic) bond motifs is 5. The van der Waals surface area contributed by atoms with Gasteiger partial charge >= 0.3 is 0 Å². The molecular formula is C22H27FO5. The Balaban J connectivity index is 1.85. The molecule has 0 aromatic rings. The summed E-state index contributed by atoms with van der Waals surface area (Å²) in [6.45, 7) is 5.15. The van der Waals surface area contributed by atoms with Gasteiger partial charge < -0.3 is 10.2 Å². The zero-order valence-electron chi connectivity index (χ0n) is 16.4. The average molecular weight is 390 g/mol. The Morgan fingerprint density at radius 2 is 2.00 bits per heavy atom. The standard InChI is InChI=1S/C22H27FO5/c1-12-8-16-15-5-4-13-9-14(25)6-7-19(13,2)21(15,23)17(26)10-20(16,3)22(12,28)18(27)11-24/h6-7,9,11-12,15-17,26,28H,4-5,8,10H2,1-3H3/t12-,15-,16+,17-,19-,20-,21+,22+/m0/s1. The summed E-state index contributed by atoms with van der Waals surface area (Å²) in [5.74, 6) is -2.52. The van der Waals surface area contributed by atoms with Crippen LogP contribution in [0.4, 0.5) is 4.39 Å². The maximum absolute atomic E-state index is 16.8. The molecule has 2 N–H and O–H groups in total. The number of aliphatic hydroxyl groups excluding tert-OH is 1. The molecule has 28 heavy (non-hydrogen) atoms. The van der Waals surface area contributed by atoms with Gasteiger partial charge in [-0.15, -0.1) is 0 Å². The quantitative estimate of drug-likeness (QED) is 0.557. The lowest BCUT2D eigenvalue weighted by Crippen LogP contribution is -2.69. The van der Waals surface area contributed by atoms with Crippen molar-refractivity contribution in [3.05, 3.63) is 23.8 Å². The van der Waals surface area contributed by atoms with Gasteiger partial charge in [-0.3, -0.25) is 14.4 Å². The van der Waals surface area contributed by atoms with E-state index in [1.165, 1.54) is 12.2 Å². The van der Waals surface area contributed by atoms with Crippen LogP contribution in [-0.2, 0) is 14.4 Å². The summed E-state index contributed by atoms with van der Waals surface area (Å²) in [4.78, 5) is 35.5. The highest BCUT2D eigenvalue weighted by molar-refractivity contribution is 6.29. The summed E-state index contributed by atoms with van der Waals surface area (Å²) in [5.41, 5.74) is -5.42. The number of allylic oxidation sites excluding steroid dienone is 4. The predicted molar refractivity (Wildman–Crippen MR) is 98.9 cm³/mol. The molecule has 0 aliphatic heterocycles. The summed E-state index contributed by atoms with van der Waals surface area (Å²) in [5, 5.41) is 22.4. The molecule has 0 aromatic heterocycles. The first-order chi connectivity index (χ1) is 13.0. The maximum Gasteiger partial charge on any atom is 0.227 e. The lowest BCUT2D eigenvalue weighted by molar-refractivity contribution is -0.218. The minimum absolute atomic E-state index is 0.115. The predicted octanol–water partition coefficient (Wildman–Crippen LogP) is 2.10. The van der Waals surface area contributed by atoms with Gasteiger partial charge in [0.05, 0.1) is 6.10 Å². The third kappa shape index (κ3) is 1.96. The Bertz CT molecular complexity index is 833. The highest BCUT2D eigenvalue weighted by Gasteiger charge is 2.75. The molecule has 0 unspecified atom stereocenters. The van der Waals surface area contributed by atoms with E-state index >= 15 is 4.39 Å². The molecule has 3 fully saturated rings. The Morgan fingerprint density at radius 3 is 2.64 bits per heavy atom. The van der Waals surface area contributed by atoms with Crippen LogP contribution < -0.4 is 0 Å². The molecule has 0 radical (unpaired) electrons. The molecule has 5 nitrogen and oxygen atoms in total. The fraction of sp³-hybridized carbons (Fsp3) is 0.682. The topological polar surface area (TPSA) is 91.7 Å². The van der Waals surface area contributed by atoms with Crippen LogP contribution in [0.15, 0.2) is 23.8 Å². The zero-order valence-corrected chi connectivity index (χ0v) is 16.4. The molecule has 0 saturated heterocycles. The van der Waals surface area contributed by atoms with Crippen molar-refractivity contribution in [2.75, 3.05) is 0 Å². The van der Waals surface area contributed by atoms with Crippen LogP contribution in [0, 0.1) is 28.6 Å². The number of hydrogen-bond donors (Lipinski definition) is 2. The van der Waals surface area contributed by atoms with E-state index in [2.05, 4.69) is 0 Å². The van der Waals surface area contributed by atoms with Crippen molar-refractivity contribution in [2.24, 2.45) is 28.6 Å². The Morgan fingerprint density at radius 1 is 1.32 bits per heavy atom. The summed E-state index contributed by atoms with van der Waals surface area (Å²) in [6, 6.07) is 0. The Kier molecular flexibility index (Phi) is 4.00. The second-order valence-electron chi connectivity index (χ2n) is 9.65. The van der Waals surface area contributed by atoms with E-state index in [9.17, 15) is 24.6 Å². The van der Waals surface area contributed by atoms with E-state index in [4.69, 9.17) is 0 Å². The van der Waals surface area contributed by atoms with E-state index in [-0.39, 0.29) is 24.4 Å². The van der Waals surface area contributed by atoms with Crippen LogP contribution in [0.3, 0.4) is 0 Å². The number of Topliss-reactive ketones (excluding diaryl/α,β-unsaturated/α-hetero) is 1. The molecule has 6 heteroatoms. The highest BCUT2D eigenvalue weighted by atomic mass is 19.1. The number of rotatable bonds is 2. The summed E-state index contributed by atoms with van der Waals surface area (Å²) in [7, 11) is 0. The van der Waals surface area contributed by atoms with Crippen molar-refractivity contribution in [2.45, 2.75) is 63.8 Å². The Labute approximate surface area is 163 Å². The zero-order chi connectivity index (χ0) is 20.7. The van der Waals surface area contributed by atoms with Gasteiger partial charge in [0, 0.05) is 16.7 Å². The molecule has 4 rings (SSSR count). The van der Waals surface area contributed by atoms with Crippen LogP contribution in [0.1, 0.15) is 46.5 Å². The van der Waals surface area contributed by atoms with Crippen LogP contribution >= 0.6 is 0 Å². The van der Waals surface area contributed by atoms with Crippen LogP contribution in [-0.4, -0.2) is 45.4 Å². The van der Waals surface area contributed by atoms with E-state index in [0.29, 0.717) is 24.8 Å². The fourth-order valence-corrected chi connectivity index (χ4v) is 7.16. The number of carbonyl (C=O) groups excluding carboxylic acids is 3. The largest absolute Gasteiger partial charge is 0.390 e. The lowest BCUT2D eigenvalue weighted by Gasteiger charge is -2.62. The second-order valence-corrected chi connectivity index (χ2v) is 9.65. The van der Waals surface area contributed by atoms with Crippen LogP contribution in [0.2, 0.25) is 0 Å². The van der Waals surface area contributed by atoms with Gasteiger partial charge in [-0.25, -0.2) is 4.39 Å². The summed E-state index contributed by atoms with van der Waals surface area (Å²) >= 11 is 0. The molecule has 152 valence electrons. The number of hydrogen-bond acceptors (Lipinski definition) is 5. The minimum Gasteiger partial charge on any atom is -0.390 e. The maximum atomic E-state index is 16.8. The Hall–Kier alpha value is -1.66. The number of aldehydes is 1. The van der Waals surface area contributed by atoms with Gasteiger partial charge in [0.25, 0.3) is 0 Å². The highest BCUT2D eigenvalue weighted by Crippen LogP contribution is 2.70.